The monoisotopic (exact) mass is 289 g/mol. The largest absolute Gasteiger partial charge is 0.373 e. The first-order valence-corrected chi connectivity index (χ1v) is 8.38. The molecule has 0 aromatic heterocycles. The number of hydrogen-bond donors (Lipinski definition) is 1. The van der Waals surface area contributed by atoms with E-state index in [1.54, 1.807) is 0 Å². The quantitative estimate of drug-likeness (QED) is 0.850. The summed E-state index contributed by atoms with van der Waals surface area (Å²) in [6.07, 6.45) is 5.70. The van der Waals surface area contributed by atoms with Gasteiger partial charge >= 0.3 is 0 Å². The van der Waals surface area contributed by atoms with Gasteiger partial charge in [0.1, 0.15) is 0 Å². The van der Waals surface area contributed by atoms with Gasteiger partial charge in [-0.2, -0.15) is 0 Å². The van der Waals surface area contributed by atoms with Crippen molar-refractivity contribution in [3.63, 3.8) is 0 Å². The Morgan fingerprint density at radius 2 is 1.86 bits per heavy atom. The second-order valence-corrected chi connectivity index (χ2v) is 7.53. The lowest BCUT2D eigenvalue weighted by molar-refractivity contribution is -0.0154. The minimum atomic E-state index is 0.157. The van der Waals surface area contributed by atoms with E-state index in [1.165, 1.54) is 36.8 Å². The fourth-order valence-corrected chi connectivity index (χ4v) is 2.93. The Labute approximate surface area is 130 Å². The highest BCUT2D eigenvalue weighted by Gasteiger charge is 2.21. The van der Waals surface area contributed by atoms with Crippen LogP contribution in [0.3, 0.4) is 0 Å². The molecule has 21 heavy (non-hydrogen) atoms. The topological polar surface area (TPSA) is 21.3 Å². The molecule has 1 N–H and O–H groups in total. The molecular weight excluding hydrogens is 258 g/mol. The summed E-state index contributed by atoms with van der Waals surface area (Å²) in [6, 6.07) is 8.77. The molecule has 2 unspecified atom stereocenters. The fourth-order valence-electron chi connectivity index (χ4n) is 2.93. The van der Waals surface area contributed by atoms with Crippen LogP contribution in [0.25, 0.3) is 0 Å². The van der Waals surface area contributed by atoms with Gasteiger partial charge in [0.15, 0.2) is 0 Å². The van der Waals surface area contributed by atoms with Crippen molar-refractivity contribution in [3.05, 3.63) is 35.4 Å². The Hall–Kier alpha value is -0.860. The molecule has 118 valence electrons. The molecule has 1 saturated carbocycles. The van der Waals surface area contributed by atoms with Crippen molar-refractivity contribution in [3.8, 4) is 0 Å². The molecule has 1 aliphatic carbocycles. The Balaban J connectivity index is 1.85. The van der Waals surface area contributed by atoms with Crippen molar-refractivity contribution < 1.29 is 4.74 Å². The zero-order chi connectivity index (χ0) is 15.3. The second-order valence-electron chi connectivity index (χ2n) is 7.53. The first-order chi connectivity index (χ1) is 9.94. The first-order valence-electron chi connectivity index (χ1n) is 8.38. The van der Waals surface area contributed by atoms with E-state index in [4.69, 9.17) is 4.74 Å². The maximum atomic E-state index is 6.16. The Morgan fingerprint density at radius 1 is 1.14 bits per heavy atom. The van der Waals surface area contributed by atoms with Gasteiger partial charge < -0.3 is 10.1 Å². The van der Waals surface area contributed by atoms with Crippen LogP contribution >= 0.6 is 0 Å². The highest BCUT2D eigenvalue weighted by Crippen LogP contribution is 2.27. The Bertz CT molecular complexity index is 435. The van der Waals surface area contributed by atoms with E-state index in [9.17, 15) is 0 Å². The Kier molecular flexibility index (Phi) is 5.83. The van der Waals surface area contributed by atoms with Crippen molar-refractivity contribution in [2.45, 2.75) is 78.2 Å². The average Bonchev–Trinajstić information content (AvgIpc) is 2.44. The molecule has 0 bridgehead atoms. The third-order valence-corrected chi connectivity index (χ3v) is 4.31. The van der Waals surface area contributed by atoms with Crippen molar-refractivity contribution in [2.24, 2.45) is 5.92 Å². The summed E-state index contributed by atoms with van der Waals surface area (Å²) in [6.45, 7) is 10.6. The molecule has 2 atom stereocenters. The molecule has 0 radical (unpaired) electrons. The van der Waals surface area contributed by atoms with Crippen LogP contribution in [0.4, 0.5) is 0 Å². The van der Waals surface area contributed by atoms with Gasteiger partial charge in [0.25, 0.3) is 0 Å². The summed E-state index contributed by atoms with van der Waals surface area (Å²) in [7, 11) is 0. The Morgan fingerprint density at radius 3 is 2.57 bits per heavy atom. The first kappa shape index (κ1) is 16.5. The summed E-state index contributed by atoms with van der Waals surface area (Å²) in [5.41, 5.74) is 2.79. The summed E-state index contributed by atoms with van der Waals surface area (Å²) in [5, 5.41) is 3.54. The number of rotatable bonds is 5. The lowest BCUT2D eigenvalue weighted by Gasteiger charge is -2.28. The number of nitrogens with one attached hydrogen (secondary N) is 1. The van der Waals surface area contributed by atoms with Gasteiger partial charge in [-0.15, -0.1) is 0 Å². The molecule has 1 aliphatic rings. The normalized spacial score (nSPS) is 23.2. The van der Waals surface area contributed by atoms with Gasteiger partial charge in [0.05, 0.1) is 12.7 Å². The smallest absolute Gasteiger partial charge is 0.0720 e. The second kappa shape index (κ2) is 7.42. The van der Waals surface area contributed by atoms with E-state index in [1.807, 2.05) is 0 Å². The molecule has 2 rings (SSSR count). The van der Waals surface area contributed by atoms with Crippen LogP contribution in [-0.2, 0) is 17.9 Å². The molecule has 1 aromatic rings. The third kappa shape index (κ3) is 5.80. The minimum absolute atomic E-state index is 0.157. The van der Waals surface area contributed by atoms with E-state index in [2.05, 4.69) is 57.3 Å². The molecule has 0 aliphatic heterocycles. The van der Waals surface area contributed by atoms with Crippen LogP contribution in [0.2, 0.25) is 0 Å². The SMILES string of the molecule is CC1CCCCC1OCc1cccc(CNC(C)(C)C)c1. The minimum Gasteiger partial charge on any atom is -0.373 e. The van der Waals surface area contributed by atoms with Crippen molar-refractivity contribution >= 4 is 0 Å². The van der Waals surface area contributed by atoms with Gasteiger partial charge in [-0.05, 0) is 50.7 Å². The summed E-state index contributed by atoms with van der Waals surface area (Å²) >= 11 is 0. The molecule has 1 fully saturated rings. The van der Waals surface area contributed by atoms with Crippen LogP contribution in [0.1, 0.15) is 64.5 Å². The maximum absolute atomic E-state index is 6.16. The van der Waals surface area contributed by atoms with Crippen molar-refractivity contribution in [2.75, 3.05) is 0 Å². The highest BCUT2D eigenvalue weighted by atomic mass is 16.5. The van der Waals surface area contributed by atoms with Crippen molar-refractivity contribution in [1.29, 1.82) is 0 Å². The van der Waals surface area contributed by atoms with Gasteiger partial charge in [-0.25, -0.2) is 0 Å². The van der Waals surface area contributed by atoms with Crippen LogP contribution in [0.5, 0.6) is 0 Å². The summed E-state index contributed by atoms with van der Waals surface area (Å²) in [5.74, 6) is 0.712. The molecule has 0 amide bonds. The number of benzene rings is 1. The third-order valence-electron chi connectivity index (χ3n) is 4.31. The van der Waals surface area contributed by atoms with Gasteiger partial charge in [-0.3, -0.25) is 0 Å². The van der Waals surface area contributed by atoms with E-state index >= 15 is 0 Å². The van der Waals surface area contributed by atoms with E-state index in [-0.39, 0.29) is 5.54 Å². The van der Waals surface area contributed by atoms with Crippen LogP contribution in [-0.4, -0.2) is 11.6 Å². The molecule has 1 aromatic carbocycles. The fraction of sp³-hybridized carbons (Fsp3) is 0.684. The van der Waals surface area contributed by atoms with E-state index < -0.39 is 0 Å². The lowest BCUT2D eigenvalue weighted by Crippen LogP contribution is -2.35. The predicted molar refractivity (Wildman–Crippen MR) is 89.2 cm³/mol. The van der Waals surface area contributed by atoms with E-state index in [0.717, 1.165) is 13.2 Å². The molecular formula is C19H31NO. The van der Waals surface area contributed by atoms with Crippen LogP contribution < -0.4 is 5.32 Å². The molecule has 2 nitrogen and oxygen atoms in total. The summed E-state index contributed by atoms with van der Waals surface area (Å²) < 4.78 is 6.16. The predicted octanol–water partition coefficient (Wildman–Crippen LogP) is 4.67. The van der Waals surface area contributed by atoms with E-state index in [0.29, 0.717) is 12.0 Å². The van der Waals surface area contributed by atoms with Gasteiger partial charge in [-0.1, -0.05) is 44.0 Å². The van der Waals surface area contributed by atoms with Crippen LogP contribution in [0, 0.1) is 5.92 Å². The number of ether oxygens (including phenoxy) is 1. The number of hydrogen-bond acceptors (Lipinski definition) is 2. The highest BCUT2D eigenvalue weighted by molar-refractivity contribution is 5.23. The van der Waals surface area contributed by atoms with Crippen LogP contribution in [0.15, 0.2) is 24.3 Å². The molecule has 2 heteroatoms. The average molecular weight is 289 g/mol. The molecule has 0 heterocycles. The molecule has 0 saturated heterocycles. The lowest BCUT2D eigenvalue weighted by atomic mass is 9.88. The van der Waals surface area contributed by atoms with Gasteiger partial charge in [0, 0.05) is 12.1 Å². The zero-order valence-corrected chi connectivity index (χ0v) is 14.1. The summed E-state index contributed by atoms with van der Waals surface area (Å²) in [4.78, 5) is 0. The van der Waals surface area contributed by atoms with Gasteiger partial charge in [0.2, 0.25) is 0 Å². The van der Waals surface area contributed by atoms with Crippen molar-refractivity contribution in [1.82, 2.24) is 5.32 Å². The maximum Gasteiger partial charge on any atom is 0.0720 e. The zero-order valence-electron chi connectivity index (χ0n) is 14.1. The molecule has 0 spiro atoms. The standard InChI is InChI=1S/C19H31NO/c1-15-8-5-6-11-18(15)21-14-17-10-7-9-16(12-17)13-20-19(2,3)4/h7,9-10,12,15,18,20H,5-6,8,11,13-14H2,1-4H3.